The molecule has 0 unspecified atom stereocenters. The first-order valence-electron chi connectivity index (χ1n) is 13.6. The van der Waals surface area contributed by atoms with E-state index in [4.69, 9.17) is 0 Å². The molecular formula is C36H49. The lowest BCUT2D eigenvalue weighted by molar-refractivity contribution is 0.0676. The average molecular weight is 482 g/mol. The highest BCUT2D eigenvalue weighted by molar-refractivity contribution is 5.55. The zero-order chi connectivity index (χ0) is 27.2. The third-order valence-electron chi connectivity index (χ3n) is 8.55. The molecule has 0 spiro atoms. The Morgan fingerprint density at radius 1 is 0.417 bits per heavy atom. The Balaban J connectivity index is 2.67. The van der Waals surface area contributed by atoms with Gasteiger partial charge in [0.2, 0.25) is 0 Å². The van der Waals surface area contributed by atoms with Gasteiger partial charge >= 0.3 is 0 Å². The number of benzene rings is 3. The van der Waals surface area contributed by atoms with E-state index < -0.39 is 0 Å². The largest absolute Gasteiger partial charge is 0.0622 e. The molecule has 0 nitrogen and oxygen atoms in total. The van der Waals surface area contributed by atoms with Crippen LogP contribution in [-0.4, -0.2) is 0 Å². The van der Waals surface area contributed by atoms with E-state index in [0.29, 0.717) is 0 Å². The van der Waals surface area contributed by atoms with E-state index >= 15 is 0 Å². The Kier molecular flexibility index (Phi) is 7.21. The Bertz CT molecular complexity index is 1010. The second-order valence-electron chi connectivity index (χ2n) is 14.7. The minimum absolute atomic E-state index is 0.0608. The summed E-state index contributed by atoms with van der Waals surface area (Å²) in [5.41, 5.74) is 4.64. The van der Waals surface area contributed by atoms with Crippen LogP contribution in [0.4, 0.5) is 0 Å². The third-order valence-corrected chi connectivity index (χ3v) is 8.55. The van der Waals surface area contributed by atoms with Crippen molar-refractivity contribution in [3.05, 3.63) is 107 Å². The lowest BCUT2D eigenvalue weighted by Crippen LogP contribution is -2.56. The maximum absolute atomic E-state index is 3.91. The summed E-state index contributed by atoms with van der Waals surface area (Å²) in [5.74, 6) is 0. The molecule has 0 N–H and O–H groups in total. The summed E-state index contributed by atoms with van der Waals surface area (Å²) in [4.78, 5) is 0. The van der Waals surface area contributed by atoms with Gasteiger partial charge in [0.25, 0.3) is 0 Å². The van der Waals surface area contributed by atoms with Crippen molar-refractivity contribution in [3.8, 4) is 0 Å². The summed E-state index contributed by atoms with van der Waals surface area (Å²) >= 11 is 0. The van der Waals surface area contributed by atoms with E-state index in [1.165, 1.54) is 22.3 Å². The number of rotatable bonds is 4. The molecule has 3 aromatic carbocycles. The smallest absolute Gasteiger partial charge is 0.0308 e. The summed E-state index contributed by atoms with van der Waals surface area (Å²) in [6.07, 6.45) is 0. The van der Waals surface area contributed by atoms with Crippen LogP contribution in [0.3, 0.4) is 0 Å². The third kappa shape index (κ3) is 4.15. The standard InChI is InChI=1S/C36H49/c1-31(2,3)35(32(4,5)6,27-21-15-13-16-22-27)29-25-19-20-26-30(29)36(33(7,8)9,34(10,11)12)28-23-17-14-18-24-28/h13-25H,1-12H3. The minimum Gasteiger partial charge on any atom is -0.0622 e. The summed E-state index contributed by atoms with van der Waals surface area (Å²) < 4.78 is 0. The van der Waals surface area contributed by atoms with Gasteiger partial charge in [0.05, 0.1) is 0 Å². The maximum atomic E-state index is 3.91. The minimum atomic E-state index is -0.283. The van der Waals surface area contributed by atoms with Crippen molar-refractivity contribution in [2.75, 3.05) is 0 Å². The average Bonchev–Trinajstić information content (AvgIpc) is 2.73. The van der Waals surface area contributed by atoms with Crippen molar-refractivity contribution in [2.24, 2.45) is 21.7 Å². The van der Waals surface area contributed by atoms with Crippen molar-refractivity contribution in [1.82, 2.24) is 0 Å². The van der Waals surface area contributed by atoms with Crippen molar-refractivity contribution in [1.29, 1.82) is 0 Å². The molecular weight excluding hydrogens is 432 g/mol. The topological polar surface area (TPSA) is 0 Å². The fourth-order valence-electron chi connectivity index (χ4n) is 8.28. The number of hydrogen-bond acceptors (Lipinski definition) is 0. The summed E-state index contributed by atoms with van der Waals surface area (Å²) in [7, 11) is 0. The van der Waals surface area contributed by atoms with Gasteiger partial charge in [-0.25, -0.2) is 0 Å². The van der Waals surface area contributed by atoms with Gasteiger partial charge in [-0.3, -0.25) is 0 Å². The molecule has 0 fully saturated rings. The Morgan fingerprint density at radius 3 is 1.14 bits per heavy atom. The summed E-state index contributed by atoms with van der Waals surface area (Å²) in [5, 5.41) is 0. The van der Waals surface area contributed by atoms with Crippen LogP contribution >= 0.6 is 0 Å². The van der Waals surface area contributed by atoms with Crippen LogP contribution in [0.2, 0.25) is 0 Å². The highest BCUT2D eigenvalue weighted by Crippen LogP contribution is 2.64. The highest BCUT2D eigenvalue weighted by atomic mass is 14.6. The maximum Gasteiger partial charge on any atom is 0.0308 e. The van der Waals surface area contributed by atoms with E-state index in [9.17, 15) is 0 Å². The normalized spacial score (nSPS) is 14.1. The van der Waals surface area contributed by atoms with E-state index in [-0.39, 0.29) is 32.5 Å². The first kappa shape index (κ1) is 28.2. The van der Waals surface area contributed by atoms with Crippen molar-refractivity contribution in [2.45, 2.75) is 93.9 Å². The monoisotopic (exact) mass is 481 g/mol. The SMILES string of the molecule is CC(C)(C)C(c1ccccc1)(c1[c]cccc1C(c1ccccc1)(C(C)(C)C)C(C)(C)C)C(C)(C)C. The van der Waals surface area contributed by atoms with E-state index in [2.05, 4.69) is 168 Å². The Hall–Kier alpha value is -2.34. The quantitative estimate of drug-likeness (QED) is 0.347. The van der Waals surface area contributed by atoms with Gasteiger partial charge in [-0.05, 0) is 50.0 Å². The first-order valence-corrected chi connectivity index (χ1v) is 13.6. The molecule has 193 valence electrons. The van der Waals surface area contributed by atoms with Gasteiger partial charge < -0.3 is 0 Å². The van der Waals surface area contributed by atoms with Crippen LogP contribution in [0.1, 0.15) is 105 Å². The van der Waals surface area contributed by atoms with Gasteiger partial charge in [-0.15, -0.1) is 0 Å². The van der Waals surface area contributed by atoms with Crippen LogP contribution in [-0.2, 0) is 10.8 Å². The van der Waals surface area contributed by atoms with Crippen molar-refractivity contribution in [3.63, 3.8) is 0 Å². The first-order chi connectivity index (χ1) is 16.4. The molecule has 0 amide bonds. The second-order valence-corrected chi connectivity index (χ2v) is 14.7. The van der Waals surface area contributed by atoms with Crippen LogP contribution in [0, 0.1) is 27.7 Å². The molecule has 0 aromatic heterocycles. The van der Waals surface area contributed by atoms with E-state index in [1.54, 1.807) is 0 Å². The summed E-state index contributed by atoms with van der Waals surface area (Å²) in [6.45, 7) is 29.0. The van der Waals surface area contributed by atoms with Gasteiger partial charge in [0, 0.05) is 10.8 Å². The molecule has 0 saturated carbocycles. The zero-order valence-electron chi connectivity index (χ0n) is 25.0. The van der Waals surface area contributed by atoms with Gasteiger partial charge in [0.15, 0.2) is 0 Å². The Morgan fingerprint density at radius 2 is 0.778 bits per heavy atom. The second kappa shape index (κ2) is 9.20. The molecule has 3 aromatic rings. The zero-order valence-corrected chi connectivity index (χ0v) is 25.0. The van der Waals surface area contributed by atoms with Crippen LogP contribution in [0.15, 0.2) is 78.9 Å². The predicted octanol–water partition coefficient (Wildman–Crippen LogP) is 10.2. The molecule has 0 aliphatic heterocycles. The molecule has 0 saturated heterocycles. The van der Waals surface area contributed by atoms with Gasteiger partial charge in [0.1, 0.15) is 0 Å². The predicted molar refractivity (Wildman–Crippen MR) is 158 cm³/mol. The molecule has 0 aliphatic rings. The van der Waals surface area contributed by atoms with Gasteiger partial charge in [-0.2, -0.15) is 0 Å². The molecule has 0 aliphatic carbocycles. The lowest BCUT2D eigenvalue weighted by Gasteiger charge is -2.60. The van der Waals surface area contributed by atoms with E-state index in [0.717, 1.165) is 0 Å². The molecule has 3 rings (SSSR count). The van der Waals surface area contributed by atoms with Crippen LogP contribution in [0.5, 0.6) is 0 Å². The van der Waals surface area contributed by atoms with E-state index in [1.807, 2.05) is 0 Å². The van der Waals surface area contributed by atoms with Crippen molar-refractivity contribution >= 4 is 0 Å². The number of hydrogen-bond donors (Lipinski definition) is 0. The van der Waals surface area contributed by atoms with Crippen molar-refractivity contribution < 1.29 is 0 Å². The summed E-state index contributed by atoms with van der Waals surface area (Å²) in [6, 6.07) is 33.1. The molecule has 36 heavy (non-hydrogen) atoms. The molecule has 0 heteroatoms. The van der Waals surface area contributed by atoms with Gasteiger partial charge in [-0.1, -0.05) is 162 Å². The molecule has 0 atom stereocenters. The van der Waals surface area contributed by atoms with Crippen LogP contribution in [0.25, 0.3) is 0 Å². The molecule has 0 heterocycles. The fourth-order valence-corrected chi connectivity index (χ4v) is 8.28. The lowest BCUT2D eigenvalue weighted by atomic mass is 9.43. The fraction of sp³-hybridized carbons (Fsp3) is 0.500. The highest BCUT2D eigenvalue weighted by Gasteiger charge is 2.59. The molecule has 0 bridgehead atoms. The van der Waals surface area contributed by atoms with Crippen LogP contribution < -0.4 is 0 Å². The molecule has 1 radical (unpaired) electrons. The Labute approximate surface area is 222 Å².